The summed E-state index contributed by atoms with van der Waals surface area (Å²) in [6.45, 7) is 0. The highest BCUT2D eigenvalue weighted by molar-refractivity contribution is 7.99. The number of alkyl halides is 3. The number of halogens is 3. The molecule has 0 bridgehead atoms. The lowest BCUT2D eigenvalue weighted by molar-refractivity contribution is -0.137. The van der Waals surface area contributed by atoms with Crippen LogP contribution < -0.4 is 11.0 Å². The first-order valence-electron chi connectivity index (χ1n) is 7.11. The van der Waals surface area contributed by atoms with E-state index in [9.17, 15) is 22.8 Å². The molecule has 2 aromatic rings. The zero-order valence-electron chi connectivity index (χ0n) is 12.3. The Morgan fingerprint density at radius 3 is 2.83 bits per heavy atom. The Labute approximate surface area is 138 Å². The maximum Gasteiger partial charge on any atom is 0.416 e. The van der Waals surface area contributed by atoms with E-state index in [1.54, 1.807) is 0 Å². The Hall–Kier alpha value is -2.23. The number of aromatic amines is 1. The minimum absolute atomic E-state index is 0.0622. The van der Waals surface area contributed by atoms with Crippen molar-refractivity contribution in [2.45, 2.75) is 30.2 Å². The van der Waals surface area contributed by atoms with E-state index in [1.807, 2.05) is 0 Å². The number of rotatable bonds is 5. The van der Waals surface area contributed by atoms with Gasteiger partial charge in [-0.1, -0.05) is 17.8 Å². The molecule has 0 aliphatic heterocycles. The predicted molar refractivity (Wildman–Crippen MR) is 81.9 cm³/mol. The third-order valence-electron chi connectivity index (χ3n) is 3.39. The first-order valence-corrected chi connectivity index (χ1v) is 8.10. The number of hydrogen-bond acceptors (Lipinski definition) is 4. The Morgan fingerprint density at radius 2 is 2.17 bits per heavy atom. The number of amides is 1. The lowest BCUT2D eigenvalue weighted by Crippen LogP contribution is -2.18. The van der Waals surface area contributed by atoms with Crippen molar-refractivity contribution in [1.29, 1.82) is 0 Å². The summed E-state index contributed by atoms with van der Waals surface area (Å²) in [5.41, 5.74) is -1.09. The van der Waals surface area contributed by atoms with Gasteiger partial charge in [0, 0.05) is 11.7 Å². The molecule has 10 heteroatoms. The summed E-state index contributed by atoms with van der Waals surface area (Å²) in [7, 11) is 0. The van der Waals surface area contributed by atoms with Crippen LogP contribution in [0.1, 0.15) is 24.4 Å². The van der Waals surface area contributed by atoms with Crippen molar-refractivity contribution in [2.75, 3.05) is 11.1 Å². The Bertz CT molecular complexity index is 811. The molecule has 1 aromatic carbocycles. The van der Waals surface area contributed by atoms with Crippen LogP contribution in [0.2, 0.25) is 0 Å². The van der Waals surface area contributed by atoms with Gasteiger partial charge in [-0.3, -0.25) is 9.36 Å². The summed E-state index contributed by atoms with van der Waals surface area (Å²) >= 11 is 1.06. The average molecular weight is 358 g/mol. The smallest absolute Gasteiger partial charge is 0.325 e. The van der Waals surface area contributed by atoms with E-state index in [0.717, 1.165) is 36.7 Å². The van der Waals surface area contributed by atoms with Crippen LogP contribution in [0.5, 0.6) is 0 Å². The molecule has 24 heavy (non-hydrogen) atoms. The molecule has 0 spiro atoms. The molecule has 128 valence electrons. The quantitative estimate of drug-likeness (QED) is 0.806. The molecule has 1 aliphatic rings. The second-order valence-corrected chi connectivity index (χ2v) is 6.27. The fourth-order valence-electron chi connectivity index (χ4n) is 2.15. The van der Waals surface area contributed by atoms with Crippen LogP contribution in [0.25, 0.3) is 0 Å². The number of anilines is 1. The number of H-pyrrole nitrogens is 1. The Balaban J connectivity index is 1.61. The van der Waals surface area contributed by atoms with Crippen molar-refractivity contribution in [3.63, 3.8) is 0 Å². The lowest BCUT2D eigenvalue weighted by atomic mass is 10.2. The van der Waals surface area contributed by atoms with E-state index in [-0.39, 0.29) is 23.2 Å². The summed E-state index contributed by atoms with van der Waals surface area (Å²) in [5.74, 6) is -0.537. The molecule has 0 atom stereocenters. The molecule has 3 rings (SSSR count). The van der Waals surface area contributed by atoms with Gasteiger partial charge in [0.2, 0.25) is 5.91 Å². The van der Waals surface area contributed by atoms with Gasteiger partial charge in [0.1, 0.15) is 0 Å². The van der Waals surface area contributed by atoms with Gasteiger partial charge in [-0.25, -0.2) is 9.89 Å². The summed E-state index contributed by atoms with van der Waals surface area (Å²) in [4.78, 5) is 23.5. The van der Waals surface area contributed by atoms with Gasteiger partial charge in [0.15, 0.2) is 5.16 Å². The molecule has 0 saturated heterocycles. The second kappa shape index (κ2) is 6.34. The van der Waals surface area contributed by atoms with Gasteiger partial charge in [-0.15, -0.1) is 5.10 Å². The van der Waals surface area contributed by atoms with E-state index in [0.29, 0.717) is 5.16 Å². The van der Waals surface area contributed by atoms with Gasteiger partial charge in [0.05, 0.1) is 11.3 Å². The maximum absolute atomic E-state index is 12.6. The van der Waals surface area contributed by atoms with E-state index in [4.69, 9.17) is 0 Å². The first-order chi connectivity index (χ1) is 11.3. The van der Waals surface area contributed by atoms with Crippen molar-refractivity contribution in [2.24, 2.45) is 0 Å². The number of carbonyl (C=O) groups excluding carboxylic acids is 1. The summed E-state index contributed by atoms with van der Waals surface area (Å²) in [6, 6.07) is 4.53. The summed E-state index contributed by atoms with van der Waals surface area (Å²) in [6.07, 6.45) is -2.68. The zero-order valence-corrected chi connectivity index (χ0v) is 13.1. The minimum Gasteiger partial charge on any atom is -0.325 e. The van der Waals surface area contributed by atoms with E-state index >= 15 is 0 Å². The van der Waals surface area contributed by atoms with Gasteiger partial charge >= 0.3 is 11.9 Å². The highest BCUT2D eigenvalue weighted by atomic mass is 32.2. The number of benzene rings is 1. The molecule has 6 nitrogen and oxygen atoms in total. The molecule has 0 unspecified atom stereocenters. The molecule has 0 radical (unpaired) electrons. The molecule has 2 N–H and O–H groups in total. The standard InChI is InChI=1S/C14H13F3N4O2S/c15-14(16,17)8-2-1-3-9(6-8)18-11(22)7-24-13-20-19-12(23)21(13)10-4-5-10/h1-3,6,10H,4-5,7H2,(H,18,22)(H,19,23). The van der Waals surface area contributed by atoms with Crippen LogP contribution in [0, 0.1) is 0 Å². The Morgan fingerprint density at radius 1 is 1.42 bits per heavy atom. The van der Waals surface area contributed by atoms with E-state index in [1.165, 1.54) is 16.7 Å². The average Bonchev–Trinajstić information content (AvgIpc) is 3.28. The molecular weight excluding hydrogens is 345 g/mol. The number of carbonyl (C=O) groups is 1. The second-order valence-electron chi connectivity index (χ2n) is 5.33. The highest BCUT2D eigenvalue weighted by Crippen LogP contribution is 2.36. The van der Waals surface area contributed by atoms with Crippen LogP contribution in [0.15, 0.2) is 34.2 Å². The van der Waals surface area contributed by atoms with Crippen LogP contribution >= 0.6 is 11.8 Å². The van der Waals surface area contributed by atoms with Crippen molar-refractivity contribution in [3.05, 3.63) is 40.3 Å². The molecule has 1 amide bonds. The molecule has 1 fully saturated rings. The normalized spacial score (nSPS) is 14.6. The summed E-state index contributed by atoms with van der Waals surface area (Å²) in [5, 5.41) is 9.01. The first kappa shape index (κ1) is 16.6. The third kappa shape index (κ3) is 3.81. The van der Waals surface area contributed by atoms with E-state index < -0.39 is 17.6 Å². The largest absolute Gasteiger partial charge is 0.416 e. The Kier molecular flexibility index (Phi) is 4.39. The fraction of sp³-hybridized carbons (Fsp3) is 0.357. The van der Waals surface area contributed by atoms with Crippen molar-refractivity contribution >= 4 is 23.4 Å². The monoisotopic (exact) mass is 358 g/mol. The van der Waals surface area contributed by atoms with Crippen LogP contribution in [-0.4, -0.2) is 26.4 Å². The van der Waals surface area contributed by atoms with Crippen LogP contribution in [-0.2, 0) is 11.0 Å². The SMILES string of the molecule is O=C(CSc1n[nH]c(=O)n1C1CC1)Nc1cccc(C(F)(F)F)c1. The highest BCUT2D eigenvalue weighted by Gasteiger charge is 2.31. The minimum atomic E-state index is -4.47. The molecule has 1 aromatic heterocycles. The number of aromatic nitrogens is 3. The van der Waals surface area contributed by atoms with Crippen molar-refractivity contribution < 1.29 is 18.0 Å². The maximum atomic E-state index is 12.6. The zero-order chi connectivity index (χ0) is 17.3. The van der Waals surface area contributed by atoms with Crippen molar-refractivity contribution in [3.8, 4) is 0 Å². The van der Waals surface area contributed by atoms with E-state index in [2.05, 4.69) is 15.5 Å². The molecule has 1 saturated carbocycles. The predicted octanol–water partition coefficient (Wildman–Crippen LogP) is 2.66. The fourth-order valence-corrected chi connectivity index (χ4v) is 2.96. The number of nitrogens with zero attached hydrogens (tertiary/aromatic N) is 2. The number of thioether (sulfide) groups is 1. The summed E-state index contributed by atoms with van der Waals surface area (Å²) < 4.78 is 39.4. The molecular formula is C14H13F3N4O2S. The van der Waals surface area contributed by atoms with Crippen molar-refractivity contribution in [1.82, 2.24) is 14.8 Å². The topological polar surface area (TPSA) is 79.8 Å². The van der Waals surface area contributed by atoms with Gasteiger partial charge in [-0.05, 0) is 31.0 Å². The lowest BCUT2D eigenvalue weighted by Gasteiger charge is -2.09. The number of hydrogen-bond donors (Lipinski definition) is 2. The molecule has 1 aliphatic carbocycles. The number of nitrogens with one attached hydrogen (secondary N) is 2. The van der Waals surface area contributed by atoms with Gasteiger partial charge in [-0.2, -0.15) is 13.2 Å². The van der Waals surface area contributed by atoms with Crippen LogP contribution in [0.3, 0.4) is 0 Å². The molecule has 1 heterocycles. The van der Waals surface area contributed by atoms with Gasteiger partial charge in [0.25, 0.3) is 0 Å². The van der Waals surface area contributed by atoms with Crippen LogP contribution in [0.4, 0.5) is 18.9 Å². The third-order valence-corrected chi connectivity index (χ3v) is 4.34. The van der Waals surface area contributed by atoms with Gasteiger partial charge < -0.3 is 5.32 Å².